The van der Waals surface area contributed by atoms with Crippen LogP contribution in [0.2, 0.25) is 0 Å². The number of aromatic nitrogens is 1. The van der Waals surface area contributed by atoms with Gasteiger partial charge < -0.3 is 4.74 Å². The second-order valence-corrected chi connectivity index (χ2v) is 8.40. The first-order valence-corrected chi connectivity index (χ1v) is 8.93. The molecule has 0 atom stereocenters. The lowest BCUT2D eigenvalue weighted by atomic mass is 10.2. The Kier molecular flexibility index (Phi) is 5.41. The minimum absolute atomic E-state index is 0.126. The van der Waals surface area contributed by atoms with Crippen LogP contribution in [0.3, 0.4) is 0 Å². The number of carbonyl (C=O) groups excluding carboxylic acids is 1. The van der Waals surface area contributed by atoms with Crippen molar-refractivity contribution >= 4 is 15.8 Å². The van der Waals surface area contributed by atoms with Crippen LogP contribution < -0.4 is 0 Å². The number of alkyl halides is 3. The molecule has 140 valence electrons. The van der Waals surface area contributed by atoms with E-state index in [1.807, 2.05) is 0 Å². The monoisotopic (exact) mass is 387 g/mol. The van der Waals surface area contributed by atoms with Gasteiger partial charge in [-0.1, -0.05) is 30.3 Å². The van der Waals surface area contributed by atoms with Crippen molar-refractivity contribution in [3.63, 3.8) is 0 Å². The number of esters is 1. The van der Waals surface area contributed by atoms with Crippen LogP contribution in [0.1, 0.15) is 25.0 Å². The minimum atomic E-state index is -4.64. The summed E-state index contributed by atoms with van der Waals surface area (Å²) in [6.45, 7) is 2.11. The summed E-state index contributed by atoms with van der Waals surface area (Å²) in [4.78, 5) is 15.6. The van der Waals surface area contributed by atoms with Crippen molar-refractivity contribution in [3.8, 4) is 0 Å². The number of ether oxygens (including phenoxy) is 1. The van der Waals surface area contributed by atoms with Gasteiger partial charge >= 0.3 is 12.1 Å². The number of hydrogen-bond acceptors (Lipinski definition) is 5. The fourth-order valence-corrected chi connectivity index (χ4v) is 3.21. The maximum atomic E-state index is 12.6. The minimum Gasteiger partial charge on any atom is -0.460 e. The highest BCUT2D eigenvalue weighted by molar-refractivity contribution is 7.93. The molecular weight excluding hydrogens is 371 g/mol. The van der Waals surface area contributed by atoms with Gasteiger partial charge in [0.05, 0.1) is 5.56 Å². The number of hydrogen-bond donors (Lipinski definition) is 0. The molecule has 0 saturated carbocycles. The van der Waals surface area contributed by atoms with E-state index in [4.69, 9.17) is 4.74 Å². The Morgan fingerprint density at radius 3 is 2.19 bits per heavy atom. The van der Waals surface area contributed by atoms with Gasteiger partial charge in [0.15, 0.2) is 9.77 Å². The molecule has 0 aliphatic carbocycles. The molecule has 0 saturated heterocycles. The third-order valence-electron chi connectivity index (χ3n) is 3.72. The first-order chi connectivity index (χ1) is 12.0. The molecule has 0 amide bonds. The van der Waals surface area contributed by atoms with E-state index < -0.39 is 37.3 Å². The molecule has 0 spiro atoms. The van der Waals surface area contributed by atoms with E-state index in [1.54, 1.807) is 30.3 Å². The van der Waals surface area contributed by atoms with Crippen LogP contribution in [0.5, 0.6) is 0 Å². The van der Waals surface area contributed by atoms with E-state index in [9.17, 15) is 26.4 Å². The normalized spacial score (nSPS) is 12.7. The van der Waals surface area contributed by atoms with Gasteiger partial charge in [-0.05, 0) is 31.5 Å². The van der Waals surface area contributed by atoms with E-state index in [0.29, 0.717) is 17.8 Å². The maximum absolute atomic E-state index is 12.6. The quantitative estimate of drug-likeness (QED) is 0.736. The first-order valence-electron chi connectivity index (χ1n) is 7.45. The summed E-state index contributed by atoms with van der Waals surface area (Å²) in [5, 5.41) is -0.632. The Balaban J connectivity index is 2.21. The fourth-order valence-electron chi connectivity index (χ4n) is 1.97. The number of carbonyl (C=O) groups is 1. The van der Waals surface area contributed by atoms with E-state index in [-0.39, 0.29) is 6.61 Å². The SMILES string of the molecule is CC(C)(C(=O)OCc1ccccc1)S(=O)(=O)c1ccc(C(F)(F)F)cn1. The maximum Gasteiger partial charge on any atom is 0.417 e. The van der Waals surface area contributed by atoms with Crippen molar-refractivity contribution in [2.45, 2.75) is 36.4 Å². The summed E-state index contributed by atoms with van der Waals surface area (Å²) in [6.07, 6.45) is -4.22. The lowest BCUT2D eigenvalue weighted by Gasteiger charge is -2.22. The van der Waals surface area contributed by atoms with E-state index in [1.165, 1.54) is 0 Å². The Morgan fingerprint density at radius 2 is 1.69 bits per heavy atom. The van der Waals surface area contributed by atoms with Gasteiger partial charge in [-0.3, -0.25) is 4.79 Å². The molecule has 5 nitrogen and oxygen atoms in total. The van der Waals surface area contributed by atoms with Crippen molar-refractivity contribution in [3.05, 3.63) is 59.8 Å². The summed E-state index contributed by atoms with van der Waals surface area (Å²) in [5.74, 6) is -1.02. The van der Waals surface area contributed by atoms with Gasteiger partial charge in [0.1, 0.15) is 6.61 Å². The van der Waals surface area contributed by atoms with Crippen LogP contribution in [-0.2, 0) is 32.2 Å². The number of nitrogens with zero attached hydrogens (tertiary/aromatic N) is 1. The van der Waals surface area contributed by atoms with Gasteiger partial charge in [-0.25, -0.2) is 13.4 Å². The lowest BCUT2D eigenvalue weighted by molar-refractivity contribution is -0.147. The number of sulfone groups is 1. The van der Waals surface area contributed by atoms with Crippen LogP contribution in [-0.4, -0.2) is 24.1 Å². The molecule has 2 aromatic rings. The summed E-state index contributed by atoms with van der Waals surface area (Å²) in [5.41, 5.74) is -0.414. The highest BCUT2D eigenvalue weighted by Gasteiger charge is 2.45. The standard InChI is InChI=1S/C17H16F3NO4S/c1-16(2,15(22)25-11-12-6-4-3-5-7-12)26(23,24)14-9-8-13(10-21-14)17(18,19)20/h3-10H,11H2,1-2H3. The summed E-state index contributed by atoms with van der Waals surface area (Å²) in [6, 6.07) is 9.97. The molecular formula is C17H16F3NO4S. The average molecular weight is 387 g/mol. The fraction of sp³-hybridized carbons (Fsp3) is 0.294. The molecule has 0 unspecified atom stereocenters. The third kappa shape index (κ3) is 4.04. The highest BCUT2D eigenvalue weighted by Crippen LogP contribution is 2.31. The number of halogens is 3. The van der Waals surface area contributed by atoms with E-state index >= 15 is 0 Å². The zero-order valence-electron chi connectivity index (χ0n) is 13.9. The summed E-state index contributed by atoms with van der Waals surface area (Å²) >= 11 is 0. The predicted octanol–water partition coefficient (Wildman–Crippen LogP) is 3.40. The lowest BCUT2D eigenvalue weighted by Crippen LogP contribution is -2.42. The van der Waals surface area contributed by atoms with Gasteiger partial charge in [0.2, 0.25) is 9.84 Å². The highest BCUT2D eigenvalue weighted by atomic mass is 32.2. The van der Waals surface area contributed by atoms with Gasteiger partial charge in [-0.15, -0.1) is 0 Å². The molecule has 0 N–H and O–H groups in total. The second-order valence-electron chi connectivity index (χ2n) is 5.96. The largest absolute Gasteiger partial charge is 0.460 e. The molecule has 0 aliphatic rings. The van der Waals surface area contributed by atoms with Crippen LogP contribution >= 0.6 is 0 Å². The molecule has 1 heterocycles. The molecule has 9 heteroatoms. The molecule has 0 aliphatic heterocycles. The first kappa shape index (κ1) is 19.9. The molecule has 0 radical (unpaired) electrons. The number of rotatable bonds is 5. The summed E-state index contributed by atoms with van der Waals surface area (Å²) < 4.78 is 66.0. The average Bonchev–Trinajstić information content (AvgIpc) is 2.59. The van der Waals surface area contributed by atoms with Crippen molar-refractivity contribution in [2.75, 3.05) is 0 Å². The molecule has 1 aromatic carbocycles. The van der Waals surface area contributed by atoms with Crippen molar-refractivity contribution < 1.29 is 31.1 Å². The van der Waals surface area contributed by atoms with Crippen molar-refractivity contribution in [1.29, 1.82) is 0 Å². The topological polar surface area (TPSA) is 73.3 Å². The van der Waals surface area contributed by atoms with Crippen LogP contribution in [0.4, 0.5) is 13.2 Å². The zero-order valence-corrected chi connectivity index (χ0v) is 14.8. The van der Waals surface area contributed by atoms with Gasteiger partial charge in [0.25, 0.3) is 0 Å². The second kappa shape index (κ2) is 7.06. The smallest absolute Gasteiger partial charge is 0.417 e. The van der Waals surface area contributed by atoms with Crippen molar-refractivity contribution in [2.24, 2.45) is 0 Å². The Hall–Kier alpha value is -2.42. The zero-order chi connectivity index (χ0) is 19.6. The number of pyridine rings is 1. The van der Waals surface area contributed by atoms with Crippen LogP contribution in [0.25, 0.3) is 0 Å². The Bertz CT molecular complexity index is 876. The number of benzene rings is 1. The molecule has 2 rings (SSSR count). The van der Waals surface area contributed by atoms with E-state index in [0.717, 1.165) is 19.9 Å². The predicted molar refractivity (Wildman–Crippen MR) is 86.7 cm³/mol. The van der Waals surface area contributed by atoms with E-state index in [2.05, 4.69) is 4.98 Å². The van der Waals surface area contributed by atoms with Crippen LogP contribution in [0.15, 0.2) is 53.7 Å². The third-order valence-corrected chi connectivity index (χ3v) is 6.02. The Labute approximate surface area is 148 Å². The van der Waals surface area contributed by atoms with Crippen molar-refractivity contribution in [1.82, 2.24) is 4.98 Å². The summed E-state index contributed by atoms with van der Waals surface area (Å²) in [7, 11) is -4.36. The molecule has 26 heavy (non-hydrogen) atoms. The van der Waals surface area contributed by atoms with Gasteiger partial charge in [0, 0.05) is 6.20 Å². The molecule has 0 bridgehead atoms. The van der Waals surface area contributed by atoms with Crippen LogP contribution in [0, 0.1) is 0 Å². The molecule has 0 fully saturated rings. The molecule has 1 aromatic heterocycles. The van der Waals surface area contributed by atoms with Gasteiger partial charge in [-0.2, -0.15) is 13.2 Å². The Morgan fingerprint density at radius 1 is 1.08 bits per heavy atom.